The molecule has 30 heavy (non-hydrogen) atoms. The standard InChI is InChI=1S/C23H23ClN2O3S/c24-14-8-10-15(11-9-14)25-21(28)20-17-6-3-7-18(17)30-23(20)26-19(27)12-13-4-1-2-5-16(13)22(26)29/h8-11,13,16H,1-7,12H2,(H,25,28). The molecular weight excluding hydrogens is 420 g/mol. The summed E-state index contributed by atoms with van der Waals surface area (Å²) >= 11 is 7.39. The maximum atomic E-state index is 13.3. The van der Waals surface area contributed by atoms with Crippen molar-refractivity contribution in [1.82, 2.24) is 0 Å². The van der Waals surface area contributed by atoms with E-state index in [1.165, 1.54) is 16.2 Å². The Kier molecular flexibility index (Phi) is 5.15. The summed E-state index contributed by atoms with van der Waals surface area (Å²) in [6.07, 6.45) is 6.99. The first-order chi connectivity index (χ1) is 14.5. The Labute approximate surface area is 184 Å². The SMILES string of the molecule is O=C(Nc1ccc(Cl)cc1)c1c(N2C(=O)CC3CCCCC3C2=O)sc2c1CCC2. The van der Waals surface area contributed by atoms with E-state index in [0.717, 1.165) is 55.4 Å². The summed E-state index contributed by atoms with van der Waals surface area (Å²) in [5, 5.41) is 4.04. The third-order valence-corrected chi connectivity index (χ3v) is 8.10. The van der Waals surface area contributed by atoms with Crippen molar-refractivity contribution in [3.05, 3.63) is 45.3 Å². The van der Waals surface area contributed by atoms with Crippen LogP contribution in [0.2, 0.25) is 5.02 Å². The van der Waals surface area contributed by atoms with Gasteiger partial charge in [0.2, 0.25) is 11.8 Å². The minimum Gasteiger partial charge on any atom is -0.322 e. The first kappa shape index (κ1) is 19.8. The van der Waals surface area contributed by atoms with Crippen LogP contribution in [0.1, 0.15) is 59.3 Å². The number of piperidine rings is 1. The molecule has 7 heteroatoms. The number of imide groups is 1. The van der Waals surface area contributed by atoms with Crippen molar-refractivity contribution < 1.29 is 14.4 Å². The van der Waals surface area contributed by atoms with Gasteiger partial charge >= 0.3 is 0 Å². The summed E-state index contributed by atoms with van der Waals surface area (Å²) < 4.78 is 0. The molecule has 1 aromatic carbocycles. The minimum absolute atomic E-state index is 0.0967. The molecule has 2 aromatic rings. The first-order valence-electron chi connectivity index (χ1n) is 10.6. The molecule has 3 amide bonds. The van der Waals surface area contributed by atoms with Crippen LogP contribution in [0.15, 0.2) is 24.3 Å². The summed E-state index contributed by atoms with van der Waals surface area (Å²) in [6, 6.07) is 6.93. The lowest BCUT2D eigenvalue weighted by atomic mass is 9.74. The van der Waals surface area contributed by atoms with Gasteiger partial charge < -0.3 is 5.32 Å². The maximum Gasteiger partial charge on any atom is 0.258 e. The van der Waals surface area contributed by atoms with Gasteiger partial charge in [0.1, 0.15) is 5.00 Å². The van der Waals surface area contributed by atoms with Gasteiger partial charge in [-0.3, -0.25) is 14.4 Å². The molecule has 0 bridgehead atoms. The molecule has 2 unspecified atom stereocenters. The quantitative estimate of drug-likeness (QED) is 0.663. The van der Waals surface area contributed by atoms with Crippen LogP contribution in [-0.4, -0.2) is 17.7 Å². The fourth-order valence-electron chi connectivity index (χ4n) is 5.10. The highest BCUT2D eigenvalue weighted by Gasteiger charge is 2.45. The van der Waals surface area contributed by atoms with E-state index in [9.17, 15) is 14.4 Å². The summed E-state index contributed by atoms with van der Waals surface area (Å²) in [7, 11) is 0. The van der Waals surface area contributed by atoms with Crippen molar-refractivity contribution in [3.63, 3.8) is 0 Å². The number of hydrogen-bond acceptors (Lipinski definition) is 4. The van der Waals surface area contributed by atoms with Crippen LogP contribution in [0.25, 0.3) is 0 Å². The molecule has 5 rings (SSSR count). The van der Waals surface area contributed by atoms with Gasteiger partial charge in [-0.25, -0.2) is 4.90 Å². The predicted octanol–water partition coefficient (Wildman–Crippen LogP) is 5.21. The molecule has 5 nitrogen and oxygen atoms in total. The fourth-order valence-corrected chi connectivity index (χ4v) is 6.64. The number of benzene rings is 1. The summed E-state index contributed by atoms with van der Waals surface area (Å²) in [6.45, 7) is 0. The zero-order valence-corrected chi connectivity index (χ0v) is 18.2. The average Bonchev–Trinajstić information content (AvgIpc) is 3.31. The maximum absolute atomic E-state index is 13.3. The number of anilines is 2. The van der Waals surface area contributed by atoms with Crippen LogP contribution < -0.4 is 10.2 Å². The van der Waals surface area contributed by atoms with Gasteiger partial charge in [0.15, 0.2) is 0 Å². The van der Waals surface area contributed by atoms with E-state index in [1.807, 2.05) is 0 Å². The van der Waals surface area contributed by atoms with Crippen LogP contribution in [-0.2, 0) is 22.4 Å². The second kappa shape index (κ2) is 7.82. The van der Waals surface area contributed by atoms with Gasteiger partial charge in [-0.1, -0.05) is 24.4 Å². The van der Waals surface area contributed by atoms with Crippen LogP contribution in [0.4, 0.5) is 10.7 Å². The van der Waals surface area contributed by atoms with E-state index < -0.39 is 0 Å². The molecule has 2 atom stereocenters. The van der Waals surface area contributed by atoms with Gasteiger partial charge in [0, 0.05) is 27.9 Å². The van der Waals surface area contributed by atoms with E-state index in [2.05, 4.69) is 5.32 Å². The number of aryl methyl sites for hydroxylation is 1. The van der Waals surface area contributed by atoms with Gasteiger partial charge in [0.05, 0.1) is 5.56 Å². The predicted molar refractivity (Wildman–Crippen MR) is 118 cm³/mol. The molecule has 1 saturated heterocycles. The molecule has 1 aromatic heterocycles. The zero-order chi connectivity index (χ0) is 20.8. The lowest BCUT2D eigenvalue weighted by molar-refractivity contribution is -0.135. The molecule has 1 aliphatic heterocycles. The largest absolute Gasteiger partial charge is 0.322 e. The lowest BCUT2D eigenvalue weighted by Gasteiger charge is -2.38. The number of nitrogens with one attached hydrogen (secondary N) is 1. The Bertz CT molecular complexity index is 1030. The highest BCUT2D eigenvalue weighted by atomic mass is 35.5. The van der Waals surface area contributed by atoms with Gasteiger partial charge in [0.25, 0.3) is 5.91 Å². The van der Waals surface area contributed by atoms with E-state index >= 15 is 0 Å². The van der Waals surface area contributed by atoms with Crippen LogP contribution in [0, 0.1) is 11.8 Å². The van der Waals surface area contributed by atoms with Crippen molar-refractivity contribution in [2.24, 2.45) is 11.8 Å². The van der Waals surface area contributed by atoms with Gasteiger partial charge in [-0.05, 0) is 67.9 Å². The number of rotatable bonds is 3. The molecule has 1 saturated carbocycles. The second-order valence-corrected chi connectivity index (χ2v) is 9.94. The van der Waals surface area contributed by atoms with Crippen molar-refractivity contribution in [1.29, 1.82) is 0 Å². The monoisotopic (exact) mass is 442 g/mol. The highest BCUT2D eigenvalue weighted by Crippen LogP contribution is 2.45. The Balaban J connectivity index is 1.51. The minimum atomic E-state index is -0.266. The van der Waals surface area contributed by atoms with E-state index in [0.29, 0.717) is 27.7 Å². The highest BCUT2D eigenvalue weighted by molar-refractivity contribution is 7.17. The lowest BCUT2D eigenvalue weighted by Crippen LogP contribution is -2.50. The Morgan fingerprint density at radius 2 is 1.83 bits per heavy atom. The zero-order valence-electron chi connectivity index (χ0n) is 16.6. The van der Waals surface area contributed by atoms with Crippen molar-refractivity contribution >= 4 is 51.3 Å². The molecule has 156 valence electrons. The number of carbonyl (C=O) groups excluding carboxylic acids is 3. The molecule has 2 fully saturated rings. The number of amides is 3. The van der Waals surface area contributed by atoms with Crippen LogP contribution >= 0.6 is 22.9 Å². The summed E-state index contributed by atoms with van der Waals surface area (Å²) in [5.74, 6) is -0.480. The van der Waals surface area contributed by atoms with E-state index in [4.69, 9.17) is 11.6 Å². The smallest absolute Gasteiger partial charge is 0.258 e. The molecule has 0 radical (unpaired) electrons. The number of carbonyl (C=O) groups is 3. The fraction of sp³-hybridized carbons (Fsp3) is 0.435. The summed E-state index contributed by atoms with van der Waals surface area (Å²) in [5.41, 5.74) is 2.13. The van der Waals surface area contributed by atoms with Crippen molar-refractivity contribution in [3.8, 4) is 0 Å². The van der Waals surface area contributed by atoms with Gasteiger partial charge in [-0.15, -0.1) is 11.3 Å². The number of fused-ring (bicyclic) bond motifs is 2. The number of halogens is 1. The van der Waals surface area contributed by atoms with Gasteiger partial charge in [-0.2, -0.15) is 0 Å². The molecule has 0 spiro atoms. The Morgan fingerprint density at radius 3 is 2.63 bits per heavy atom. The molecule has 2 heterocycles. The third kappa shape index (κ3) is 3.36. The average molecular weight is 443 g/mol. The number of thiophene rings is 1. The first-order valence-corrected chi connectivity index (χ1v) is 11.8. The molecular formula is C23H23ClN2O3S. The summed E-state index contributed by atoms with van der Waals surface area (Å²) in [4.78, 5) is 42.1. The van der Waals surface area contributed by atoms with E-state index in [-0.39, 0.29) is 29.6 Å². The van der Waals surface area contributed by atoms with Crippen molar-refractivity contribution in [2.45, 2.75) is 51.4 Å². The second-order valence-electron chi connectivity index (χ2n) is 8.42. The Hall–Kier alpha value is -2.18. The normalized spacial score (nSPS) is 23.3. The molecule has 3 aliphatic rings. The topological polar surface area (TPSA) is 66.5 Å². The number of nitrogens with zero attached hydrogens (tertiary/aromatic N) is 1. The van der Waals surface area contributed by atoms with E-state index in [1.54, 1.807) is 24.3 Å². The van der Waals surface area contributed by atoms with Crippen LogP contribution in [0.5, 0.6) is 0 Å². The Morgan fingerprint density at radius 1 is 1.07 bits per heavy atom. The molecule has 1 N–H and O–H groups in total. The molecule has 2 aliphatic carbocycles. The van der Waals surface area contributed by atoms with Crippen LogP contribution in [0.3, 0.4) is 0 Å². The number of hydrogen-bond donors (Lipinski definition) is 1. The third-order valence-electron chi connectivity index (χ3n) is 6.57. The van der Waals surface area contributed by atoms with Crippen molar-refractivity contribution in [2.75, 3.05) is 10.2 Å².